The van der Waals surface area contributed by atoms with Gasteiger partial charge in [0, 0.05) is 23.5 Å². The summed E-state index contributed by atoms with van der Waals surface area (Å²) in [7, 11) is 0. The van der Waals surface area contributed by atoms with Crippen molar-refractivity contribution in [2.24, 2.45) is 0 Å². The highest BCUT2D eigenvalue weighted by Gasteiger charge is 2.32. The second-order valence-electron chi connectivity index (χ2n) is 6.19. The molecule has 0 bridgehead atoms. The van der Waals surface area contributed by atoms with E-state index >= 15 is 0 Å². The highest BCUT2D eigenvalue weighted by Crippen LogP contribution is 2.30. The van der Waals surface area contributed by atoms with E-state index in [-0.39, 0.29) is 5.69 Å². The molecule has 8 nitrogen and oxygen atoms in total. The van der Waals surface area contributed by atoms with Crippen LogP contribution in [0.2, 0.25) is 0 Å². The molecule has 3 N–H and O–H groups in total. The van der Waals surface area contributed by atoms with Crippen LogP contribution in [0.4, 0.5) is 16.2 Å². The molecule has 1 atom stereocenters. The molecular weight excluding hydrogens is 348 g/mol. The van der Waals surface area contributed by atoms with E-state index in [1.54, 1.807) is 13.0 Å². The van der Waals surface area contributed by atoms with Crippen LogP contribution in [0.25, 0.3) is 0 Å². The molecule has 1 heterocycles. The number of nitrogens with one attached hydrogen (secondary N) is 3. The van der Waals surface area contributed by atoms with Crippen LogP contribution in [0.3, 0.4) is 0 Å². The van der Waals surface area contributed by atoms with Gasteiger partial charge in [0.1, 0.15) is 0 Å². The van der Waals surface area contributed by atoms with E-state index in [0.29, 0.717) is 17.0 Å². The molecule has 0 saturated heterocycles. The fourth-order valence-corrected chi connectivity index (χ4v) is 3.03. The number of rotatable bonds is 4. The minimum atomic E-state index is -0.626. The van der Waals surface area contributed by atoms with Crippen molar-refractivity contribution < 1.29 is 14.5 Å². The van der Waals surface area contributed by atoms with E-state index in [1.807, 2.05) is 31.2 Å². The average molecular weight is 366 g/mol. The maximum atomic E-state index is 12.9. The zero-order valence-corrected chi connectivity index (χ0v) is 14.8. The van der Waals surface area contributed by atoms with Crippen LogP contribution in [-0.4, -0.2) is 16.9 Å². The lowest BCUT2D eigenvalue weighted by molar-refractivity contribution is -0.384. The summed E-state index contributed by atoms with van der Waals surface area (Å²) in [5.74, 6) is -0.450. The van der Waals surface area contributed by atoms with Crippen molar-refractivity contribution in [1.29, 1.82) is 0 Å². The number of nitrogens with zero attached hydrogens (tertiary/aromatic N) is 1. The number of benzene rings is 2. The summed E-state index contributed by atoms with van der Waals surface area (Å²) in [5, 5.41) is 19.0. The lowest BCUT2D eigenvalue weighted by atomic mass is 9.92. The summed E-state index contributed by atoms with van der Waals surface area (Å²) >= 11 is 0. The minimum absolute atomic E-state index is 0.121. The molecule has 0 spiro atoms. The van der Waals surface area contributed by atoms with E-state index in [0.717, 1.165) is 11.1 Å². The maximum absolute atomic E-state index is 12.9. The number of carbonyl (C=O) groups is 2. The lowest BCUT2D eigenvalue weighted by Crippen LogP contribution is -2.46. The number of aryl methyl sites for hydroxylation is 1. The van der Waals surface area contributed by atoms with E-state index in [1.165, 1.54) is 18.2 Å². The van der Waals surface area contributed by atoms with Gasteiger partial charge in [-0.25, -0.2) is 4.79 Å². The summed E-state index contributed by atoms with van der Waals surface area (Å²) in [4.78, 5) is 35.3. The zero-order chi connectivity index (χ0) is 19.6. The number of anilines is 1. The second-order valence-corrected chi connectivity index (χ2v) is 6.19. The Kier molecular flexibility index (Phi) is 4.89. The molecule has 0 fully saturated rings. The Bertz CT molecular complexity index is 968. The Morgan fingerprint density at radius 3 is 2.59 bits per heavy atom. The van der Waals surface area contributed by atoms with E-state index in [4.69, 9.17) is 0 Å². The minimum Gasteiger partial charge on any atom is -0.327 e. The summed E-state index contributed by atoms with van der Waals surface area (Å²) in [6.07, 6.45) is 0. The number of non-ortho nitro benzene ring substituents is 1. The fraction of sp³-hybridized carbons (Fsp3) is 0.158. The van der Waals surface area contributed by atoms with Crippen molar-refractivity contribution >= 4 is 23.3 Å². The van der Waals surface area contributed by atoms with Crippen molar-refractivity contribution in [3.05, 3.63) is 81.0 Å². The summed E-state index contributed by atoms with van der Waals surface area (Å²) in [6, 6.07) is 12.1. The predicted molar refractivity (Wildman–Crippen MR) is 100 cm³/mol. The SMILES string of the molecule is CC1=C(C(=O)Nc2cccc([N+](=O)[O-])c2)C(c2ccccc2C)NC(=O)N1. The van der Waals surface area contributed by atoms with Gasteiger partial charge in [-0.15, -0.1) is 0 Å². The molecule has 27 heavy (non-hydrogen) atoms. The van der Waals surface area contributed by atoms with E-state index in [9.17, 15) is 19.7 Å². The molecule has 3 rings (SSSR count). The third-order valence-corrected chi connectivity index (χ3v) is 4.33. The van der Waals surface area contributed by atoms with Gasteiger partial charge in [0.05, 0.1) is 16.5 Å². The third-order valence-electron chi connectivity index (χ3n) is 4.33. The highest BCUT2D eigenvalue weighted by molar-refractivity contribution is 6.07. The van der Waals surface area contributed by atoms with Crippen LogP contribution >= 0.6 is 0 Å². The van der Waals surface area contributed by atoms with Crippen molar-refractivity contribution in [3.8, 4) is 0 Å². The number of hydrogen-bond acceptors (Lipinski definition) is 4. The molecule has 0 aliphatic carbocycles. The predicted octanol–water partition coefficient (Wildman–Crippen LogP) is 3.17. The molecule has 2 aromatic rings. The van der Waals surface area contributed by atoms with Crippen LogP contribution < -0.4 is 16.0 Å². The Balaban J connectivity index is 1.96. The van der Waals surface area contributed by atoms with Crippen molar-refractivity contribution in [2.45, 2.75) is 19.9 Å². The third kappa shape index (κ3) is 3.79. The lowest BCUT2D eigenvalue weighted by Gasteiger charge is -2.29. The first-order chi connectivity index (χ1) is 12.9. The molecule has 0 radical (unpaired) electrons. The standard InChI is InChI=1S/C19H18N4O4/c1-11-6-3-4-9-15(11)17-16(12(2)20-19(25)22-17)18(24)21-13-7-5-8-14(10-13)23(26)27/h3-10,17H,1-2H3,(H,21,24)(H2,20,22,25). The summed E-state index contributed by atoms with van der Waals surface area (Å²) in [6.45, 7) is 3.54. The Hall–Kier alpha value is -3.68. The molecule has 8 heteroatoms. The van der Waals surface area contributed by atoms with Crippen LogP contribution in [0, 0.1) is 17.0 Å². The Morgan fingerprint density at radius 2 is 1.89 bits per heavy atom. The van der Waals surface area contributed by atoms with Gasteiger partial charge in [0.15, 0.2) is 0 Å². The molecule has 1 aliphatic heterocycles. The second kappa shape index (κ2) is 7.28. The zero-order valence-electron chi connectivity index (χ0n) is 14.8. The van der Waals surface area contributed by atoms with Gasteiger partial charge in [0.2, 0.25) is 0 Å². The fourth-order valence-electron chi connectivity index (χ4n) is 3.03. The first-order valence-electron chi connectivity index (χ1n) is 8.26. The highest BCUT2D eigenvalue weighted by atomic mass is 16.6. The number of carbonyl (C=O) groups excluding carboxylic acids is 2. The van der Waals surface area contributed by atoms with E-state index < -0.39 is 22.9 Å². The van der Waals surface area contributed by atoms with Gasteiger partial charge in [-0.1, -0.05) is 30.3 Å². The number of nitro benzene ring substituents is 1. The molecule has 3 amide bonds. The Morgan fingerprint density at radius 1 is 1.15 bits per heavy atom. The summed E-state index contributed by atoms with van der Waals surface area (Å²) in [5.41, 5.74) is 2.68. The Labute approximate surface area is 155 Å². The molecule has 1 aliphatic rings. The summed E-state index contributed by atoms with van der Waals surface area (Å²) < 4.78 is 0. The number of nitro groups is 1. The molecule has 1 unspecified atom stereocenters. The van der Waals surface area contributed by atoms with Gasteiger partial charge < -0.3 is 16.0 Å². The molecular formula is C19H18N4O4. The number of amides is 3. The van der Waals surface area contributed by atoms with Crippen molar-refractivity contribution in [1.82, 2.24) is 10.6 Å². The molecule has 2 aromatic carbocycles. The van der Waals surface area contributed by atoms with Crippen molar-refractivity contribution in [2.75, 3.05) is 5.32 Å². The number of hydrogen-bond donors (Lipinski definition) is 3. The van der Waals surface area contributed by atoms with Crippen LogP contribution in [0.15, 0.2) is 59.8 Å². The molecule has 138 valence electrons. The smallest absolute Gasteiger partial charge is 0.319 e. The van der Waals surface area contributed by atoms with Gasteiger partial charge in [0.25, 0.3) is 11.6 Å². The monoisotopic (exact) mass is 366 g/mol. The van der Waals surface area contributed by atoms with Gasteiger partial charge >= 0.3 is 6.03 Å². The first-order valence-corrected chi connectivity index (χ1v) is 8.26. The first kappa shape index (κ1) is 18.1. The van der Waals surface area contributed by atoms with Gasteiger partial charge in [-0.3, -0.25) is 14.9 Å². The van der Waals surface area contributed by atoms with Crippen molar-refractivity contribution in [3.63, 3.8) is 0 Å². The number of urea groups is 1. The van der Waals surface area contributed by atoms with E-state index in [2.05, 4.69) is 16.0 Å². The van der Waals surface area contributed by atoms with Crippen LogP contribution in [-0.2, 0) is 4.79 Å². The van der Waals surface area contributed by atoms with Gasteiger partial charge in [-0.2, -0.15) is 0 Å². The molecule has 0 aromatic heterocycles. The largest absolute Gasteiger partial charge is 0.327 e. The normalized spacial score (nSPS) is 16.4. The maximum Gasteiger partial charge on any atom is 0.319 e. The quantitative estimate of drug-likeness (QED) is 0.570. The number of allylic oxidation sites excluding steroid dienone is 1. The molecule has 0 saturated carbocycles. The van der Waals surface area contributed by atoms with Gasteiger partial charge in [-0.05, 0) is 31.0 Å². The van der Waals surface area contributed by atoms with Crippen LogP contribution in [0.1, 0.15) is 24.1 Å². The van der Waals surface area contributed by atoms with Crippen LogP contribution in [0.5, 0.6) is 0 Å². The topological polar surface area (TPSA) is 113 Å². The average Bonchev–Trinajstić information content (AvgIpc) is 2.61.